The van der Waals surface area contributed by atoms with E-state index < -0.39 is 17.5 Å². The molecule has 1 N–H and O–H groups in total. The van der Waals surface area contributed by atoms with Gasteiger partial charge in [0.2, 0.25) is 0 Å². The van der Waals surface area contributed by atoms with Crippen molar-refractivity contribution in [1.29, 1.82) is 0 Å². The largest absolute Gasteiger partial charge is 0.318 e. The van der Waals surface area contributed by atoms with E-state index in [0.29, 0.717) is 23.5 Å². The standard InChI is InChI=1S/C17H15F2N3O/c1-3-13-16(22-7-6-10(2)8-15(22)20-13)17(23)21-14-5-4-11(18)9-12(14)19/h4-9H,3H2,1-2H3,(H,21,23). The maximum atomic E-state index is 13.7. The van der Waals surface area contributed by atoms with Gasteiger partial charge in [-0.05, 0) is 43.2 Å². The Labute approximate surface area is 131 Å². The number of pyridine rings is 1. The van der Waals surface area contributed by atoms with E-state index in [-0.39, 0.29) is 5.69 Å². The fourth-order valence-corrected chi connectivity index (χ4v) is 2.45. The van der Waals surface area contributed by atoms with E-state index >= 15 is 0 Å². The Morgan fingerprint density at radius 1 is 1.26 bits per heavy atom. The number of anilines is 1. The van der Waals surface area contributed by atoms with E-state index in [1.165, 1.54) is 6.07 Å². The third-order valence-corrected chi connectivity index (χ3v) is 3.58. The zero-order valence-electron chi connectivity index (χ0n) is 12.7. The Bertz CT molecular complexity index is 902. The second-order valence-corrected chi connectivity index (χ2v) is 5.27. The van der Waals surface area contributed by atoms with Crippen LogP contribution in [0, 0.1) is 18.6 Å². The lowest BCUT2D eigenvalue weighted by atomic mass is 10.2. The van der Waals surface area contributed by atoms with Gasteiger partial charge in [0, 0.05) is 12.3 Å². The van der Waals surface area contributed by atoms with Crippen LogP contribution < -0.4 is 5.32 Å². The summed E-state index contributed by atoms with van der Waals surface area (Å²) in [5, 5.41) is 2.48. The van der Waals surface area contributed by atoms with Crippen LogP contribution in [0.4, 0.5) is 14.5 Å². The number of carbonyl (C=O) groups is 1. The third-order valence-electron chi connectivity index (χ3n) is 3.58. The zero-order chi connectivity index (χ0) is 16.6. The zero-order valence-corrected chi connectivity index (χ0v) is 12.7. The van der Waals surface area contributed by atoms with E-state index in [1.54, 1.807) is 10.6 Å². The van der Waals surface area contributed by atoms with E-state index in [2.05, 4.69) is 10.3 Å². The predicted molar refractivity (Wildman–Crippen MR) is 83.6 cm³/mol. The summed E-state index contributed by atoms with van der Waals surface area (Å²) in [7, 11) is 0. The van der Waals surface area contributed by atoms with Crippen LogP contribution in [-0.4, -0.2) is 15.3 Å². The molecule has 0 spiro atoms. The number of hydrogen-bond acceptors (Lipinski definition) is 2. The highest BCUT2D eigenvalue weighted by molar-refractivity contribution is 6.04. The Hall–Kier alpha value is -2.76. The van der Waals surface area contributed by atoms with Gasteiger partial charge in [0.1, 0.15) is 23.0 Å². The minimum absolute atomic E-state index is 0.0690. The molecule has 0 fully saturated rings. The molecule has 0 atom stereocenters. The van der Waals surface area contributed by atoms with Crippen LogP contribution in [0.15, 0.2) is 36.5 Å². The molecule has 0 bridgehead atoms. The Kier molecular flexibility index (Phi) is 3.82. The molecule has 3 rings (SSSR count). The molecule has 0 aliphatic carbocycles. The number of fused-ring (bicyclic) bond motifs is 1. The quantitative estimate of drug-likeness (QED) is 0.800. The molecule has 0 aliphatic heterocycles. The summed E-state index contributed by atoms with van der Waals surface area (Å²) in [4.78, 5) is 17.0. The lowest BCUT2D eigenvalue weighted by Crippen LogP contribution is -2.17. The molecule has 4 nitrogen and oxygen atoms in total. The van der Waals surface area contributed by atoms with Crippen LogP contribution in [0.5, 0.6) is 0 Å². The summed E-state index contributed by atoms with van der Waals surface area (Å²) in [5.41, 5.74) is 2.59. The summed E-state index contributed by atoms with van der Waals surface area (Å²) >= 11 is 0. The van der Waals surface area contributed by atoms with Crippen molar-refractivity contribution in [2.24, 2.45) is 0 Å². The van der Waals surface area contributed by atoms with Gasteiger partial charge in [-0.1, -0.05) is 6.92 Å². The van der Waals surface area contributed by atoms with Gasteiger partial charge in [0.05, 0.1) is 11.4 Å². The van der Waals surface area contributed by atoms with Crippen LogP contribution in [0.2, 0.25) is 0 Å². The van der Waals surface area contributed by atoms with E-state index in [4.69, 9.17) is 0 Å². The van der Waals surface area contributed by atoms with Gasteiger partial charge in [-0.3, -0.25) is 9.20 Å². The number of benzene rings is 1. The molecule has 23 heavy (non-hydrogen) atoms. The first-order chi connectivity index (χ1) is 11.0. The SMILES string of the molecule is CCc1nc2cc(C)ccn2c1C(=O)Nc1ccc(F)cc1F. The number of amides is 1. The molecular formula is C17H15F2N3O. The summed E-state index contributed by atoms with van der Waals surface area (Å²) < 4.78 is 28.4. The number of aromatic nitrogens is 2. The number of nitrogens with one attached hydrogen (secondary N) is 1. The van der Waals surface area contributed by atoms with Gasteiger partial charge < -0.3 is 5.32 Å². The van der Waals surface area contributed by atoms with Gasteiger partial charge >= 0.3 is 0 Å². The monoisotopic (exact) mass is 315 g/mol. The maximum absolute atomic E-state index is 13.7. The Morgan fingerprint density at radius 3 is 2.74 bits per heavy atom. The average molecular weight is 315 g/mol. The molecule has 1 amide bonds. The van der Waals surface area contributed by atoms with E-state index in [0.717, 1.165) is 17.7 Å². The number of halogens is 2. The van der Waals surface area contributed by atoms with Crippen molar-refractivity contribution in [2.75, 3.05) is 5.32 Å². The van der Waals surface area contributed by atoms with Crippen molar-refractivity contribution in [3.8, 4) is 0 Å². The van der Waals surface area contributed by atoms with Crippen LogP contribution >= 0.6 is 0 Å². The fraction of sp³-hybridized carbons (Fsp3) is 0.176. The van der Waals surface area contributed by atoms with Crippen molar-refractivity contribution in [3.05, 3.63) is 65.1 Å². The number of carbonyl (C=O) groups excluding carboxylic acids is 1. The first kappa shape index (κ1) is 15.1. The molecule has 0 unspecified atom stereocenters. The van der Waals surface area contributed by atoms with Crippen LogP contribution in [0.3, 0.4) is 0 Å². The minimum Gasteiger partial charge on any atom is -0.318 e. The second-order valence-electron chi connectivity index (χ2n) is 5.27. The molecule has 1 aromatic carbocycles. The van der Waals surface area contributed by atoms with Crippen LogP contribution in [0.25, 0.3) is 5.65 Å². The third kappa shape index (κ3) is 2.79. The summed E-state index contributed by atoms with van der Waals surface area (Å²) in [6, 6.07) is 6.75. The average Bonchev–Trinajstić information content (AvgIpc) is 2.87. The number of aryl methyl sites for hydroxylation is 2. The molecule has 3 aromatic rings. The van der Waals surface area contributed by atoms with Gasteiger partial charge in [0.25, 0.3) is 5.91 Å². The lowest BCUT2D eigenvalue weighted by Gasteiger charge is -2.08. The van der Waals surface area contributed by atoms with Gasteiger partial charge in [-0.25, -0.2) is 13.8 Å². The molecule has 2 aromatic heterocycles. The number of rotatable bonds is 3. The van der Waals surface area contributed by atoms with Crippen molar-refractivity contribution >= 4 is 17.2 Å². The number of nitrogens with zero attached hydrogens (tertiary/aromatic N) is 2. The number of hydrogen-bond donors (Lipinski definition) is 1. The van der Waals surface area contributed by atoms with E-state index in [9.17, 15) is 13.6 Å². The van der Waals surface area contributed by atoms with Crippen molar-refractivity contribution < 1.29 is 13.6 Å². The minimum atomic E-state index is -0.818. The van der Waals surface area contributed by atoms with Crippen molar-refractivity contribution in [3.63, 3.8) is 0 Å². The van der Waals surface area contributed by atoms with E-state index in [1.807, 2.05) is 26.0 Å². The molecule has 0 saturated carbocycles. The molecule has 118 valence electrons. The Balaban J connectivity index is 2.03. The first-order valence-corrected chi connectivity index (χ1v) is 7.23. The lowest BCUT2D eigenvalue weighted by molar-refractivity contribution is 0.102. The van der Waals surface area contributed by atoms with Gasteiger partial charge in [-0.15, -0.1) is 0 Å². The van der Waals surface area contributed by atoms with Gasteiger partial charge in [0.15, 0.2) is 0 Å². The van der Waals surface area contributed by atoms with Gasteiger partial charge in [-0.2, -0.15) is 0 Å². The molecule has 2 heterocycles. The van der Waals surface area contributed by atoms with Crippen LogP contribution in [0.1, 0.15) is 28.7 Å². The second kappa shape index (κ2) is 5.79. The van der Waals surface area contributed by atoms with Crippen molar-refractivity contribution in [1.82, 2.24) is 9.38 Å². The predicted octanol–water partition coefficient (Wildman–Crippen LogP) is 3.74. The summed E-state index contributed by atoms with van der Waals surface area (Å²) in [6.45, 7) is 3.83. The highest BCUT2D eigenvalue weighted by Crippen LogP contribution is 2.19. The molecule has 0 aliphatic rings. The highest BCUT2D eigenvalue weighted by atomic mass is 19.1. The smallest absolute Gasteiger partial charge is 0.274 e. The normalized spacial score (nSPS) is 11.0. The fourth-order valence-electron chi connectivity index (χ4n) is 2.45. The summed E-state index contributed by atoms with van der Waals surface area (Å²) in [5.74, 6) is -2.00. The molecule has 0 saturated heterocycles. The Morgan fingerprint density at radius 2 is 2.04 bits per heavy atom. The molecule has 6 heteroatoms. The molecule has 0 radical (unpaired) electrons. The van der Waals surface area contributed by atoms with Crippen LogP contribution in [-0.2, 0) is 6.42 Å². The molecular weight excluding hydrogens is 300 g/mol. The number of imidazole rings is 1. The summed E-state index contributed by atoms with van der Waals surface area (Å²) in [6.07, 6.45) is 2.32. The maximum Gasteiger partial charge on any atom is 0.274 e. The first-order valence-electron chi connectivity index (χ1n) is 7.23. The highest BCUT2D eigenvalue weighted by Gasteiger charge is 2.19. The van der Waals surface area contributed by atoms with Crippen molar-refractivity contribution in [2.45, 2.75) is 20.3 Å². The topological polar surface area (TPSA) is 46.4 Å².